The molecule has 0 saturated heterocycles. The second-order valence-electron chi connectivity index (χ2n) is 4.71. The third-order valence-electron chi connectivity index (χ3n) is 3.58. The quantitative estimate of drug-likeness (QED) is 0.777. The second kappa shape index (κ2) is 5.37. The summed E-state index contributed by atoms with van der Waals surface area (Å²) in [5.41, 5.74) is 2.37. The van der Waals surface area contributed by atoms with Crippen LogP contribution in [0.5, 0.6) is 0 Å². The molecule has 0 aliphatic carbocycles. The van der Waals surface area contributed by atoms with Gasteiger partial charge >= 0.3 is 0 Å². The highest BCUT2D eigenvalue weighted by Crippen LogP contribution is 2.32. The van der Waals surface area contributed by atoms with Crippen molar-refractivity contribution in [2.75, 3.05) is 0 Å². The SMILES string of the molecule is Cc1sccc1C(C)C(=O)C(C)c1ccsc1C. The van der Waals surface area contributed by atoms with Gasteiger partial charge in [-0.2, -0.15) is 0 Å². The van der Waals surface area contributed by atoms with E-state index in [1.807, 2.05) is 13.8 Å². The minimum atomic E-state index is -0.00875. The Morgan fingerprint density at radius 3 is 1.61 bits per heavy atom. The highest BCUT2D eigenvalue weighted by Gasteiger charge is 2.25. The standard InChI is InChI=1S/C15H18OS2/c1-9(13-5-7-17-11(13)3)15(16)10(2)14-6-8-18-12(14)4/h5-10H,1-4H3. The minimum absolute atomic E-state index is 0.00875. The lowest BCUT2D eigenvalue weighted by atomic mass is 9.86. The van der Waals surface area contributed by atoms with E-state index < -0.39 is 0 Å². The van der Waals surface area contributed by atoms with E-state index in [-0.39, 0.29) is 11.8 Å². The first kappa shape index (κ1) is 13.5. The van der Waals surface area contributed by atoms with Crippen LogP contribution in [-0.4, -0.2) is 5.78 Å². The first-order chi connectivity index (χ1) is 8.52. The van der Waals surface area contributed by atoms with Gasteiger partial charge in [-0.15, -0.1) is 22.7 Å². The molecule has 96 valence electrons. The fraction of sp³-hybridized carbons (Fsp3) is 0.400. The monoisotopic (exact) mass is 278 g/mol. The molecule has 2 aromatic rings. The van der Waals surface area contributed by atoms with Crippen LogP contribution < -0.4 is 0 Å². The Hall–Kier alpha value is -0.930. The average Bonchev–Trinajstić information content (AvgIpc) is 2.95. The molecule has 0 bridgehead atoms. The smallest absolute Gasteiger partial charge is 0.147 e. The molecule has 0 aliphatic heterocycles. The van der Waals surface area contributed by atoms with Gasteiger partial charge in [-0.25, -0.2) is 0 Å². The third kappa shape index (κ3) is 2.43. The van der Waals surface area contributed by atoms with Crippen molar-refractivity contribution in [3.8, 4) is 0 Å². The number of rotatable bonds is 4. The molecule has 2 aromatic heterocycles. The van der Waals surface area contributed by atoms with Crippen molar-refractivity contribution in [1.29, 1.82) is 0 Å². The molecule has 0 spiro atoms. The Morgan fingerprint density at radius 1 is 0.944 bits per heavy atom. The fourth-order valence-corrected chi connectivity index (χ4v) is 3.97. The zero-order valence-corrected chi connectivity index (χ0v) is 12.8. The highest BCUT2D eigenvalue weighted by atomic mass is 32.1. The molecule has 0 saturated carbocycles. The van der Waals surface area contributed by atoms with Crippen LogP contribution in [0.3, 0.4) is 0 Å². The molecule has 0 N–H and O–H groups in total. The van der Waals surface area contributed by atoms with E-state index in [2.05, 4.69) is 36.7 Å². The van der Waals surface area contributed by atoms with E-state index in [1.165, 1.54) is 20.9 Å². The molecule has 2 rings (SSSR count). The lowest BCUT2D eigenvalue weighted by Gasteiger charge is -2.16. The molecule has 2 heterocycles. The van der Waals surface area contributed by atoms with E-state index in [4.69, 9.17) is 0 Å². The zero-order chi connectivity index (χ0) is 13.3. The maximum absolute atomic E-state index is 12.6. The van der Waals surface area contributed by atoms with E-state index in [9.17, 15) is 4.79 Å². The first-order valence-corrected chi connectivity index (χ1v) is 7.90. The maximum atomic E-state index is 12.6. The topological polar surface area (TPSA) is 17.1 Å². The molecule has 0 radical (unpaired) electrons. The number of aryl methyl sites for hydroxylation is 2. The van der Waals surface area contributed by atoms with Gasteiger partial charge in [0.1, 0.15) is 5.78 Å². The number of ketones is 1. The predicted octanol–water partition coefficient (Wildman–Crippen LogP) is 4.90. The van der Waals surface area contributed by atoms with Crippen LogP contribution in [0, 0.1) is 13.8 Å². The van der Waals surface area contributed by atoms with Crippen LogP contribution in [0.15, 0.2) is 22.9 Å². The van der Waals surface area contributed by atoms with Gasteiger partial charge in [0.25, 0.3) is 0 Å². The Labute approximate surface area is 116 Å². The van der Waals surface area contributed by atoms with Gasteiger partial charge in [0, 0.05) is 21.6 Å². The van der Waals surface area contributed by atoms with Gasteiger partial charge in [0.05, 0.1) is 0 Å². The van der Waals surface area contributed by atoms with Crippen molar-refractivity contribution in [3.05, 3.63) is 43.8 Å². The second-order valence-corrected chi connectivity index (χ2v) is 6.95. The van der Waals surface area contributed by atoms with Crippen molar-refractivity contribution in [2.45, 2.75) is 39.5 Å². The summed E-state index contributed by atoms with van der Waals surface area (Å²) in [6, 6.07) is 4.16. The fourth-order valence-electron chi connectivity index (χ4n) is 2.37. The highest BCUT2D eigenvalue weighted by molar-refractivity contribution is 7.10. The van der Waals surface area contributed by atoms with E-state index >= 15 is 0 Å². The molecule has 0 aliphatic rings. The molecule has 3 heteroatoms. The molecule has 0 aromatic carbocycles. The normalized spacial score (nSPS) is 14.4. The minimum Gasteiger partial charge on any atom is -0.298 e. The summed E-state index contributed by atoms with van der Waals surface area (Å²) in [5.74, 6) is 0.300. The Bertz CT molecular complexity index is 502. The number of thiophene rings is 2. The van der Waals surface area contributed by atoms with Crippen molar-refractivity contribution < 1.29 is 4.79 Å². The molecule has 18 heavy (non-hydrogen) atoms. The first-order valence-electron chi connectivity index (χ1n) is 6.14. The Kier molecular flexibility index (Phi) is 4.03. The largest absolute Gasteiger partial charge is 0.298 e. The summed E-state index contributed by atoms with van der Waals surface area (Å²) in [7, 11) is 0. The summed E-state index contributed by atoms with van der Waals surface area (Å²) in [6.45, 7) is 8.22. The van der Waals surface area contributed by atoms with Crippen molar-refractivity contribution in [1.82, 2.24) is 0 Å². The van der Waals surface area contributed by atoms with Crippen LogP contribution >= 0.6 is 22.7 Å². The van der Waals surface area contributed by atoms with E-state index in [0.717, 1.165) is 0 Å². The van der Waals surface area contributed by atoms with Gasteiger partial charge in [0.15, 0.2) is 0 Å². The zero-order valence-electron chi connectivity index (χ0n) is 11.2. The summed E-state index contributed by atoms with van der Waals surface area (Å²) < 4.78 is 0. The molecular formula is C15H18OS2. The average molecular weight is 278 g/mol. The molecule has 0 fully saturated rings. The van der Waals surface area contributed by atoms with Gasteiger partial charge in [-0.05, 0) is 47.9 Å². The Balaban J connectivity index is 2.22. The summed E-state index contributed by atoms with van der Waals surface area (Å²) in [6.07, 6.45) is 0. The van der Waals surface area contributed by atoms with Crippen molar-refractivity contribution in [2.24, 2.45) is 0 Å². The summed E-state index contributed by atoms with van der Waals surface area (Å²) in [4.78, 5) is 15.1. The molecule has 0 amide bonds. The molecule has 1 nitrogen and oxygen atoms in total. The van der Waals surface area contributed by atoms with Crippen molar-refractivity contribution in [3.63, 3.8) is 0 Å². The number of hydrogen-bond acceptors (Lipinski definition) is 3. The molecular weight excluding hydrogens is 260 g/mol. The number of Topliss-reactive ketones (excluding diaryl/α,β-unsaturated/α-hetero) is 1. The maximum Gasteiger partial charge on any atom is 0.147 e. The van der Waals surface area contributed by atoms with Gasteiger partial charge in [0.2, 0.25) is 0 Å². The van der Waals surface area contributed by atoms with Crippen molar-refractivity contribution >= 4 is 28.5 Å². The van der Waals surface area contributed by atoms with Gasteiger partial charge in [-0.3, -0.25) is 4.79 Å². The lowest BCUT2D eigenvalue weighted by molar-refractivity contribution is -0.121. The van der Waals surface area contributed by atoms with Gasteiger partial charge < -0.3 is 0 Å². The van der Waals surface area contributed by atoms with Gasteiger partial charge in [-0.1, -0.05) is 13.8 Å². The summed E-state index contributed by atoms with van der Waals surface area (Å²) >= 11 is 3.42. The molecule has 2 atom stereocenters. The van der Waals surface area contributed by atoms with Crippen LogP contribution in [0.25, 0.3) is 0 Å². The number of carbonyl (C=O) groups excluding carboxylic acids is 1. The number of carbonyl (C=O) groups is 1. The van der Waals surface area contributed by atoms with Crippen LogP contribution in [0.2, 0.25) is 0 Å². The lowest BCUT2D eigenvalue weighted by Crippen LogP contribution is -2.16. The predicted molar refractivity (Wildman–Crippen MR) is 79.9 cm³/mol. The summed E-state index contributed by atoms with van der Waals surface area (Å²) in [5, 5.41) is 4.13. The molecule has 2 unspecified atom stereocenters. The van der Waals surface area contributed by atoms with Crippen LogP contribution in [0.4, 0.5) is 0 Å². The van der Waals surface area contributed by atoms with E-state index in [0.29, 0.717) is 5.78 Å². The third-order valence-corrected chi connectivity index (χ3v) is 5.31. The van der Waals surface area contributed by atoms with E-state index in [1.54, 1.807) is 22.7 Å². The number of hydrogen-bond donors (Lipinski definition) is 0. The van der Waals surface area contributed by atoms with Crippen LogP contribution in [-0.2, 0) is 4.79 Å². The Morgan fingerprint density at radius 2 is 1.33 bits per heavy atom. The van der Waals surface area contributed by atoms with Crippen LogP contribution in [0.1, 0.15) is 46.6 Å².